The molecule has 0 bridgehead atoms. The predicted octanol–water partition coefficient (Wildman–Crippen LogP) is 4.60. The third kappa shape index (κ3) is 1.86. The lowest BCUT2D eigenvalue weighted by Crippen LogP contribution is -2.29. The Balaban J connectivity index is 1.82. The number of hydrogen-bond donors (Lipinski definition) is 0. The van der Waals surface area contributed by atoms with Crippen molar-refractivity contribution in [3.8, 4) is 0 Å². The van der Waals surface area contributed by atoms with Gasteiger partial charge < -0.3 is 9.32 Å². The van der Waals surface area contributed by atoms with E-state index < -0.39 is 0 Å². The second kappa shape index (κ2) is 4.89. The average molecular weight is 312 g/mol. The fraction of sp³-hybridized carbons (Fsp3) is 0.167. The van der Waals surface area contributed by atoms with Gasteiger partial charge in [0.2, 0.25) is 0 Å². The Kier molecular flexibility index (Phi) is 2.98. The molecule has 3 aromatic rings. The highest BCUT2D eigenvalue weighted by molar-refractivity contribution is 6.35. The van der Waals surface area contributed by atoms with E-state index in [1.807, 2.05) is 37.3 Å². The molecule has 0 radical (unpaired) electrons. The summed E-state index contributed by atoms with van der Waals surface area (Å²) in [5.74, 6) is 0.273. The van der Waals surface area contributed by atoms with E-state index in [0.717, 1.165) is 23.1 Å². The van der Waals surface area contributed by atoms with Crippen LogP contribution in [0.4, 0.5) is 5.69 Å². The van der Waals surface area contributed by atoms with Gasteiger partial charge >= 0.3 is 0 Å². The molecule has 0 fully saturated rings. The summed E-state index contributed by atoms with van der Waals surface area (Å²) in [6, 6.07) is 13.6. The van der Waals surface area contributed by atoms with Crippen molar-refractivity contribution < 1.29 is 9.21 Å². The molecule has 3 nitrogen and oxygen atoms in total. The van der Waals surface area contributed by atoms with Gasteiger partial charge in [0.25, 0.3) is 5.91 Å². The molecule has 0 aliphatic carbocycles. The first-order valence-electron chi connectivity index (χ1n) is 7.24. The van der Waals surface area contributed by atoms with Gasteiger partial charge in [0.15, 0.2) is 11.3 Å². The summed E-state index contributed by atoms with van der Waals surface area (Å²) in [7, 11) is 0. The second-order valence-electron chi connectivity index (χ2n) is 5.51. The van der Waals surface area contributed by atoms with Gasteiger partial charge in [-0.2, -0.15) is 0 Å². The quantitative estimate of drug-likeness (QED) is 0.658. The Hall–Kier alpha value is -2.26. The molecule has 1 aromatic heterocycles. The predicted molar refractivity (Wildman–Crippen MR) is 87.8 cm³/mol. The first-order chi connectivity index (χ1) is 10.7. The van der Waals surface area contributed by atoms with Crippen LogP contribution in [0, 0.1) is 6.92 Å². The molecule has 0 spiro atoms. The number of carbonyl (C=O) groups excluding carboxylic acids is 1. The van der Waals surface area contributed by atoms with Crippen LogP contribution in [-0.4, -0.2) is 12.5 Å². The molecule has 0 atom stereocenters. The van der Waals surface area contributed by atoms with Gasteiger partial charge in [-0.15, -0.1) is 0 Å². The molecule has 0 saturated heterocycles. The second-order valence-corrected chi connectivity index (χ2v) is 5.92. The molecule has 110 valence electrons. The van der Waals surface area contributed by atoms with Crippen LogP contribution in [0.5, 0.6) is 0 Å². The number of anilines is 1. The molecule has 4 rings (SSSR count). The maximum Gasteiger partial charge on any atom is 0.294 e. The highest BCUT2D eigenvalue weighted by atomic mass is 35.5. The number of benzene rings is 2. The number of nitrogens with zero attached hydrogens (tertiary/aromatic N) is 1. The van der Waals surface area contributed by atoms with Gasteiger partial charge in [-0.3, -0.25) is 4.79 Å². The Labute approximate surface area is 133 Å². The lowest BCUT2D eigenvalue weighted by atomic mass is 10.1. The molecule has 1 aliphatic heterocycles. The van der Waals surface area contributed by atoms with Gasteiger partial charge in [0, 0.05) is 23.2 Å². The summed E-state index contributed by atoms with van der Waals surface area (Å²) in [5, 5.41) is 1.42. The van der Waals surface area contributed by atoms with Crippen LogP contribution in [0.2, 0.25) is 5.02 Å². The summed E-state index contributed by atoms with van der Waals surface area (Å²) in [6.45, 7) is 2.58. The molecular weight excluding hydrogens is 298 g/mol. The third-order valence-corrected chi connectivity index (χ3v) is 4.54. The molecule has 0 unspecified atom stereocenters. The minimum Gasteiger partial charge on any atom is -0.449 e. The zero-order chi connectivity index (χ0) is 15.3. The largest absolute Gasteiger partial charge is 0.449 e. The minimum absolute atomic E-state index is 0.102. The van der Waals surface area contributed by atoms with Crippen LogP contribution in [0.1, 0.15) is 21.7 Å². The number of hydrogen-bond acceptors (Lipinski definition) is 2. The van der Waals surface area contributed by atoms with Crippen molar-refractivity contribution in [2.75, 3.05) is 11.4 Å². The van der Waals surface area contributed by atoms with Gasteiger partial charge in [0.1, 0.15) is 0 Å². The monoisotopic (exact) mass is 311 g/mol. The summed E-state index contributed by atoms with van der Waals surface area (Å²) in [4.78, 5) is 14.7. The number of fused-ring (bicyclic) bond motifs is 2. The number of halogens is 1. The molecular formula is C18H14ClNO2. The Bertz CT molecular complexity index is 897. The fourth-order valence-electron chi connectivity index (χ4n) is 3.08. The van der Waals surface area contributed by atoms with Crippen LogP contribution in [0.25, 0.3) is 11.0 Å². The van der Waals surface area contributed by atoms with E-state index in [4.69, 9.17) is 16.0 Å². The number of amides is 1. The van der Waals surface area contributed by atoms with Crippen molar-refractivity contribution in [1.82, 2.24) is 0 Å². The number of aryl methyl sites for hydroxylation is 1. The van der Waals surface area contributed by atoms with Crippen LogP contribution in [0.3, 0.4) is 0 Å². The molecule has 1 aliphatic rings. The van der Waals surface area contributed by atoms with E-state index in [1.165, 1.54) is 5.56 Å². The highest BCUT2D eigenvalue weighted by Crippen LogP contribution is 2.34. The molecule has 1 amide bonds. The average Bonchev–Trinajstić information content (AvgIpc) is 3.10. The summed E-state index contributed by atoms with van der Waals surface area (Å²) >= 11 is 6.17. The Morgan fingerprint density at radius 3 is 2.82 bits per heavy atom. The Morgan fingerprint density at radius 2 is 2.00 bits per heavy atom. The third-order valence-electron chi connectivity index (χ3n) is 4.24. The summed E-state index contributed by atoms with van der Waals surface area (Å²) in [6.07, 6.45) is 0.877. The smallest absolute Gasteiger partial charge is 0.294 e. The molecule has 2 aromatic carbocycles. The molecule has 4 heteroatoms. The van der Waals surface area contributed by atoms with Gasteiger partial charge in [0.05, 0.1) is 5.02 Å². The zero-order valence-electron chi connectivity index (χ0n) is 12.1. The van der Waals surface area contributed by atoms with Crippen molar-refractivity contribution in [1.29, 1.82) is 0 Å². The van der Waals surface area contributed by atoms with Crippen molar-refractivity contribution in [3.05, 3.63) is 64.4 Å². The normalized spacial score (nSPS) is 13.6. The summed E-state index contributed by atoms with van der Waals surface area (Å²) < 4.78 is 5.80. The first-order valence-corrected chi connectivity index (χ1v) is 7.62. The minimum atomic E-state index is -0.102. The van der Waals surface area contributed by atoms with Crippen LogP contribution in [-0.2, 0) is 6.42 Å². The zero-order valence-corrected chi connectivity index (χ0v) is 12.9. The van der Waals surface area contributed by atoms with Gasteiger partial charge in [-0.1, -0.05) is 41.9 Å². The van der Waals surface area contributed by atoms with Crippen molar-refractivity contribution in [3.63, 3.8) is 0 Å². The molecule has 0 N–H and O–H groups in total. The Morgan fingerprint density at radius 1 is 1.18 bits per heavy atom. The SMILES string of the molecule is Cc1c(C(=O)N2CCc3ccccc32)oc2c(Cl)cccc12. The van der Waals surface area contributed by atoms with Crippen LogP contribution in [0.15, 0.2) is 46.9 Å². The lowest BCUT2D eigenvalue weighted by molar-refractivity contribution is 0.0964. The van der Waals surface area contributed by atoms with Gasteiger partial charge in [-0.25, -0.2) is 0 Å². The van der Waals surface area contributed by atoms with Crippen LogP contribution < -0.4 is 4.90 Å². The van der Waals surface area contributed by atoms with E-state index >= 15 is 0 Å². The molecule has 2 heterocycles. The van der Waals surface area contributed by atoms with E-state index in [1.54, 1.807) is 11.0 Å². The highest BCUT2D eigenvalue weighted by Gasteiger charge is 2.29. The number of rotatable bonds is 1. The van der Waals surface area contributed by atoms with Crippen molar-refractivity contribution in [2.24, 2.45) is 0 Å². The first kappa shape index (κ1) is 13.4. The fourth-order valence-corrected chi connectivity index (χ4v) is 3.30. The maximum atomic E-state index is 12.9. The topological polar surface area (TPSA) is 33.5 Å². The van der Waals surface area contributed by atoms with Crippen molar-refractivity contribution in [2.45, 2.75) is 13.3 Å². The summed E-state index contributed by atoms with van der Waals surface area (Å²) in [5.41, 5.74) is 3.59. The van der Waals surface area contributed by atoms with E-state index in [0.29, 0.717) is 22.9 Å². The number of furan rings is 1. The maximum absolute atomic E-state index is 12.9. The van der Waals surface area contributed by atoms with Crippen LogP contribution >= 0.6 is 11.6 Å². The molecule has 0 saturated carbocycles. The van der Waals surface area contributed by atoms with Gasteiger partial charge in [-0.05, 0) is 31.0 Å². The van der Waals surface area contributed by atoms with Crippen molar-refractivity contribution >= 4 is 34.2 Å². The lowest BCUT2D eigenvalue weighted by Gasteiger charge is -2.16. The van der Waals surface area contributed by atoms with E-state index in [-0.39, 0.29) is 5.91 Å². The molecule has 22 heavy (non-hydrogen) atoms. The number of carbonyl (C=O) groups is 1. The van der Waals surface area contributed by atoms with E-state index in [2.05, 4.69) is 6.07 Å². The van der Waals surface area contributed by atoms with E-state index in [9.17, 15) is 4.79 Å². The number of para-hydroxylation sites is 2. The standard InChI is InChI=1S/C18H14ClNO2/c1-11-13-6-4-7-14(19)17(13)22-16(11)18(21)20-10-9-12-5-2-3-8-15(12)20/h2-8H,9-10H2,1H3.